The van der Waals surface area contributed by atoms with Crippen molar-refractivity contribution < 1.29 is 14.4 Å². The first kappa shape index (κ1) is 25.7. The second kappa shape index (κ2) is 12.0. The van der Waals surface area contributed by atoms with E-state index in [0.29, 0.717) is 31.7 Å². The zero-order valence-electron chi connectivity index (χ0n) is 20.5. The molecular weight excluding hydrogens is 432 g/mol. The third-order valence-electron chi connectivity index (χ3n) is 7.11. The minimum absolute atomic E-state index is 0.0385. The summed E-state index contributed by atoms with van der Waals surface area (Å²) in [6, 6.07) is 4.37. The van der Waals surface area contributed by atoms with Crippen molar-refractivity contribution in [3.8, 4) is 0 Å². The molecule has 2 aliphatic rings. The summed E-state index contributed by atoms with van der Waals surface area (Å²) in [5.41, 5.74) is 2.01. The number of rotatable bonds is 8. The van der Waals surface area contributed by atoms with Gasteiger partial charge in [0.25, 0.3) is 5.91 Å². The molecule has 4 N–H and O–H groups in total. The summed E-state index contributed by atoms with van der Waals surface area (Å²) in [5.74, 6) is -0.126. The van der Waals surface area contributed by atoms with Crippen LogP contribution < -0.4 is 16.0 Å². The summed E-state index contributed by atoms with van der Waals surface area (Å²) < 4.78 is 0. The van der Waals surface area contributed by atoms with Gasteiger partial charge in [-0.3, -0.25) is 14.4 Å². The van der Waals surface area contributed by atoms with Crippen LogP contribution in [0.4, 0.5) is 5.69 Å². The molecule has 1 aliphatic heterocycles. The monoisotopic (exact) mass is 470 g/mol. The van der Waals surface area contributed by atoms with E-state index in [1.807, 2.05) is 0 Å². The quantitative estimate of drug-likeness (QED) is 0.431. The van der Waals surface area contributed by atoms with Crippen molar-refractivity contribution in [2.45, 2.75) is 51.1 Å². The van der Waals surface area contributed by atoms with E-state index in [9.17, 15) is 14.4 Å². The highest BCUT2D eigenvalue weighted by Gasteiger charge is 2.36. The summed E-state index contributed by atoms with van der Waals surface area (Å²) >= 11 is 0. The molecule has 0 spiro atoms. The molecule has 0 aromatic heterocycles. The van der Waals surface area contributed by atoms with Crippen LogP contribution in [0.3, 0.4) is 0 Å². The Kier molecular flexibility index (Phi) is 9.04. The molecule has 9 heteroatoms. The number of amides is 3. The molecule has 1 aliphatic carbocycles. The maximum absolute atomic E-state index is 13.5. The summed E-state index contributed by atoms with van der Waals surface area (Å²) in [7, 11) is 3.50. The maximum Gasteiger partial charge on any atom is 0.254 e. The summed E-state index contributed by atoms with van der Waals surface area (Å²) in [6.45, 7) is 3.58. The van der Waals surface area contributed by atoms with Gasteiger partial charge in [0.2, 0.25) is 11.8 Å². The minimum atomic E-state index is -0.516. The zero-order valence-corrected chi connectivity index (χ0v) is 20.5. The Balaban J connectivity index is 1.65. The second-order valence-corrected chi connectivity index (χ2v) is 9.21. The highest BCUT2D eigenvalue weighted by molar-refractivity contribution is 5.97. The van der Waals surface area contributed by atoms with Crippen molar-refractivity contribution in [3.05, 3.63) is 29.3 Å². The predicted molar refractivity (Wildman–Crippen MR) is 133 cm³/mol. The van der Waals surface area contributed by atoms with Gasteiger partial charge in [0, 0.05) is 56.3 Å². The van der Waals surface area contributed by atoms with Gasteiger partial charge in [-0.25, -0.2) is 0 Å². The highest BCUT2D eigenvalue weighted by atomic mass is 16.2. The second-order valence-electron chi connectivity index (χ2n) is 9.21. The Morgan fingerprint density at radius 2 is 1.68 bits per heavy atom. The topological polar surface area (TPSA) is 118 Å². The van der Waals surface area contributed by atoms with E-state index in [0.717, 1.165) is 36.9 Å². The van der Waals surface area contributed by atoms with Crippen molar-refractivity contribution in [1.82, 2.24) is 20.4 Å². The molecule has 9 nitrogen and oxygen atoms in total. The lowest BCUT2D eigenvalue weighted by Crippen LogP contribution is -2.59. The van der Waals surface area contributed by atoms with Crippen LogP contribution in [0.1, 0.15) is 54.9 Å². The van der Waals surface area contributed by atoms with Crippen molar-refractivity contribution in [1.29, 1.82) is 5.41 Å². The van der Waals surface area contributed by atoms with E-state index < -0.39 is 6.04 Å². The van der Waals surface area contributed by atoms with Crippen molar-refractivity contribution >= 4 is 29.6 Å². The first-order chi connectivity index (χ1) is 16.4. The van der Waals surface area contributed by atoms with Gasteiger partial charge in [0.15, 0.2) is 0 Å². The maximum atomic E-state index is 13.5. The molecule has 34 heavy (non-hydrogen) atoms. The Labute approximate surface area is 202 Å². The van der Waals surface area contributed by atoms with Crippen molar-refractivity contribution in [2.24, 2.45) is 5.92 Å². The molecule has 1 saturated heterocycles. The van der Waals surface area contributed by atoms with Crippen LogP contribution in [0.25, 0.3) is 0 Å². The Morgan fingerprint density at radius 1 is 1.03 bits per heavy atom. The minimum Gasteiger partial charge on any atom is -0.388 e. The summed E-state index contributed by atoms with van der Waals surface area (Å²) in [6.07, 6.45) is 6.49. The lowest BCUT2D eigenvalue weighted by molar-refractivity contribution is -0.140. The van der Waals surface area contributed by atoms with Gasteiger partial charge in [-0.15, -0.1) is 0 Å². The lowest BCUT2D eigenvalue weighted by atomic mass is 9.83. The molecule has 3 rings (SSSR count). The van der Waals surface area contributed by atoms with E-state index in [2.05, 4.69) is 16.0 Å². The molecule has 0 unspecified atom stereocenters. The molecular formula is C25H38N6O3. The molecule has 2 atom stereocenters. The summed E-state index contributed by atoms with van der Waals surface area (Å²) in [4.78, 5) is 42.7. The predicted octanol–water partition coefficient (Wildman–Crippen LogP) is 1.68. The van der Waals surface area contributed by atoms with Gasteiger partial charge < -0.3 is 31.2 Å². The SMILES string of the molecule is CNc1cc(C(=O)N2CCN(C(=O)[C@@H](NC(=O)[C@H](C)NC)C3CCCCC3)CC2)ccc1C=N. The standard InChI is InChI=1S/C25H38N6O3/c1-17(27-2)23(32)29-22(18-7-5-4-6-8-18)25(34)31-13-11-30(12-14-31)24(33)19-9-10-20(16-26)21(15-19)28-3/h9-10,15-18,22,26-28H,4-8,11-14H2,1-3H3,(H,29,32)/t17-,22-/m0/s1. The zero-order chi connectivity index (χ0) is 24.7. The third kappa shape index (κ3) is 5.94. The Bertz CT molecular complexity index is 891. The number of benzene rings is 1. The van der Waals surface area contributed by atoms with Gasteiger partial charge in [-0.2, -0.15) is 0 Å². The van der Waals surface area contributed by atoms with Crippen LogP contribution in [0.5, 0.6) is 0 Å². The molecule has 1 heterocycles. The smallest absolute Gasteiger partial charge is 0.254 e. The number of likely N-dealkylation sites (N-methyl/N-ethyl adjacent to an activating group) is 1. The number of nitrogens with one attached hydrogen (secondary N) is 4. The van der Waals surface area contributed by atoms with Crippen molar-refractivity contribution in [2.75, 3.05) is 45.6 Å². The Morgan fingerprint density at radius 3 is 2.26 bits per heavy atom. The molecule has 2 fully saturated rings. The molecule has 3 amide bonds. The van der Waals surface area contributed by atoms with Gasteiger partial charge >= 0.3 is 0 Å². The van der Waals surface area contributed by atoms with Crippen LogP contribution in [0, 0.1) is 11.3 Å². The first-order valence-electron chi connectivity index (χ1n) is 12.3. The third-order valence-corrected chi connectivity index (χ3v) is 7.11. The number of hydrogen-bond donors (Lipinski definition) is 4. The number of hydrogen-bond acceptors (Lipinski definition) is 6. The fourth-order valence-corrected chi connectivity index (χ4v) is 4.80. The lowest BCUT2D eigenvalue weighted by Gasteiger charge is -2.39. The Hall–Kier alpha value is -2.94. The van der Waals surface area contributed by atoms with Gasteiger partial charge in [0.1, 0.15) is 6.04 Å². The highest BCUT2D eigenvalue weighted by Crippen LogP contribution is 2.28. The fraction of sp³-hybridized carbons (Fsp3) is 0.600. The summed E-state index contributed by atoms with van der Waals surface area (Å²) in [5, 5.41) is 16.5. The van der Waals surface area contributed by atoms with Crippen LogP contribution >= 0.6 is 0 Å². The van der Waals surface area contributed by atoms with E-state index in [4.69, 9.17) is 5.41 Å². The molecule has 1 saturated carbocycles. The number of carbonyl (C=O) groups is 3. The normalized spacial score (nSPS) is 18.7. The number of carbonyl (C=O) groups excluding carboxylic acids is 3. The van der Waals surface area contributed by atoms with E-state index in [1.54, 1.807) is 49.0 Å². The average Bonchev–Trinajstić information content (AvgIpc) is 2.90. The van der Waals surface area contributed by atoms with E-state index >= 15 is 0 Å². The van der Waals surface area contributed by atoms with Crippen LogP contribution in [-0.2, 0) is 9.59 Å². The molecule has 0 radical (unpaired) electrons. The van der Waals surface area contributed by atoms with Crippen LogP contribution in [0.2, 0.25) is 0 Å². The van der Waals surface area contributed by atoms with Gasteiger partial charge in [0.05, 0.1) is 6.04 Å². The molecule has 186 valence electrons. The fourth-order valence-electron chi connectivity index (χ4n) is 4.80. The van der Waals surface area contributed by atoms with Crippen LogP contribution in [-0.4, -0.2) is 86.1 Å². The number of anilines is 1. The van der Waals surface area contributed by atoms with Gasteiger partial charge in [-0.1, -0.05) is 25.3 Å². The van der Waals surface area contributed by atoms with E-state index in [1.165, 1.54) is 12.6 Å². The molecule has 1 aromatic carbocycles. The van der Waals surface area contributed by atoms with Gasteiger partial charge in [-0.05, 0) is 44.9 Å². The average molecular weight is 471 g/mol. The van der Waals surface area contributed by atoms with Crippen molar-refractivity contribution in [3.63, 3.8) is 0 Å². The largest absolute Gasteiger partial charge is 0.388 e. The first-order valence-corrected chi connectivity index (χ1v) is 12.3. The van der Waals surface area contributed by atoms with Crippen LogP contribution in [0.15, 0.2) is 18.2 Å². The molecule has 1 aromatic rings. The molecule has 0 bridgehead atoms. The number of piperazine rings is 1. The number of nitrogens with zero attached hydrogens (tertiary/aromatic N) is 2. The van der Waals surface area contributed by atoms with E-state index in [-0.39, 0.29) is 29.7 Å².